The number of carbonyl (C=O) groups is 1. The van der Waals surface area contributed by atoms with Crippen LogP contribution in [0.3, 0.4) is 0 Å². The third-order valence-corrected chi connectivity index (χ3v) is 3.70. The number of allylic oxidation sites excluding steroid dienone is 1. The summed E-state index contributed by atoms with van der Waals surface area (Å²) in [4.78, 5) is 12.2. The molecule has 0 saturated carbocycles. The molecule has 1 aromatic rings. The van der Waals surface area contributed by atoms with Gasteiger partial charge in [-0.3, -0.25) is 4.79 Å². The van der Waals surface area contributed by atoms with E-state index in [0.29, 0.717) is 26.0 Å². The fraction of sp³-hybridized carbons (Fsp3) is 0.500. The van der Waals surface area contributed by atoms with E-state index in [2.05, 4.69) is 5.32 Å². The molecule has 2 N–H and O–H groups in total. The van der Waals surface area contributed by atoms with Crippen molar-refractivity contribution in [3.05, 3.63) is 47.5 Å². The zero-order valence-corrected chi connectivity index (χ0v) is 13.8. The van der Waals surface area contributed by atoms with Crippen molar-refractivity contribution in [2.75, 3.05) is 13.2 Å². The third-order valence-electron chi connectivity index (χ3n) is 3.70. The third kappa shape index (κ3) is 5.94. The Hall–Kier alpha value is -1.92. The predicted molar refractivity (Wildman–Crippen MR) is 87.3 cm³/mol. The second kappa shape index (κ2) is 9.39. The largest absolute Gasteiger partial charge is 0.459 e. The van der Waals surface area contributed by atoms with Crippen molar-refractivity contribution in [3.8, 4) is 0 Å². The summed E-state index contributed by atoms with van der Waals surface area (Å²) >= 11 is 0. The van der Waals surface area contributed by atoms with Crippen LogP contribution in [0.1, 0.15) is 31.7 Å². The van der Waals surface area contributed by atoms with Gasteiger partial charge in [0.25, 0.3) is 5.91 Å². The van der Waals surface area contributed by atoms with Gasteiger partial charge in [0.1, 0.15) is 5.82 Å². The van der Waals surface area contributed by atoms with Gasteiger partial charge in [-0.15, -0.1) is 0 Å². The Morgan fingerprint density at radius 2 is 2.12 bits per heavy atom. The van der Waals surface area contributed by atoms with Crippen molar-refractivity contribution >= 4 is 5.91 Å². The van der Waals surface area contributed by atoms with E-state index in [1.54, 1.807) is 18.2 Å². The summed E-state index contributed by atoms with van der Waals surface area (Å²) in [7, 11) is 0. The SMILES string of the molecule is C[C@@H]1C=C(C(=O)NCc2ccc(F)cc2)O[C@H](OCCCCO)C1. The zero-order valence-electron chi connectivity index (χ0n) is 13.8. The fourth-order valence-corrected chi connectivity index (χ4v) is 2.39. The van der Waals surface area contributed by atoms with E-state index in [1.807, 2.05) is 6.92 Å². The van der Waals surface area contributed by atoms with Crippen molar-refractivity contribution < 1.29 is 23.8 Å². The van der Waals surface area contributed by atoms with E-state index in [9.17, 15) is 9.18 Å². The Morgan fingerprint density at radius 3 is 2.83 bits per heavy atom. The van der Waals surface area contributed by atoms with Crippen molar-refractivity contribution in [1.29, 1.82) is 0 Å². The molecule has 0 spiro atoms. The van der Waals surface area contributed by atoms with Crippen LogP contribution < -0.4 is 5.32 Å². The van der Waals surface area contributed by atoms with Gasteiger partial charge in [0.2, 0.25) is 6.29 Å². The Kier molecular flexibility index (Phi) is 7.21. The summed E-state index contributed by atoms with van der Waals surface area (Å²) in [6.45, 7) is 2.93. The monoisotopic (exact) mass is 337 g/mol. The van der Waals surface area contributed by atoms with Crippen LogP contribution in [0.4, 0.5) is 4.39 Å². The lowest BCUT2D eigenvalue weighted by atomic mass is 10.0. The number of hydrogen-bond acceptors (Lipinski definition) is 4. The van der Waals surface area contributed by atoms with Crippen LogP contribution in [0.2, 0.25) is 0 Å². The van der Waals surface area contributed by atoms with E-state index < -0.39 is 6.29 Å². The second-order valence-electron chi connectivity index (χ2n) is 5.90. The fourth-order valence-electron chi connectivity index (χ4n) is 2.39. The predicted octanol–water partition coefficient (Wildman–Crippen LogP) is 2.50. The molecule has 0 radical (unpaired) electrons. The number of ether oxygens (including phenoxy) is 2. The molecule has 2 atom stereocenters. The van der Waals surface area contributed by atoms with Gasteiger partial charge >= 0.3 is 0 Å². The molecule has 6 heteroatoms. The summed E-state index contributed by atoms with van der Waals surface area (Å²) in [5.41, 5.74) is 0.811. The molecule has 0 unspecified atom stereocenters. The second-order valence-corrected chi connectivity index (χ2v) is 5.90. The van der Waals surface area contributed by atoms with Crippen LogP contribution in [-0.4, -0.2) is 30.5 Å². The van der Waals surface area contributed by atoms with E-state index >= 15 is 0 Å². The van der Waals surface area contributed by atoms with Gasteiger partial charge in [-0.05, 0) is 42.5 Å². The number of nitrogens with one attached hydrogen (secondary N) is 1. The number of rotatable bonds is 8. The number of unbranched alkanes of at least 4 members (excludes halogenated alkanes) is 1. The normalized spacial score (nSPS) is 20.2. The molecule has 5 nitrogen and oxygen atoms in total. The lowest BCUT2D eigenvalue weighted by molar-refractivity contribution is -0.148. The topological polar surface area (TPSA) is 67.8 Å². The zero-order chi connectivity index (χ0) is 17.4. The van der Waals surface area contributed by atoms with Gasteiger partial charge < -0.3 is 19.9 Å². The smallest absolute Gasteiger partial charge is 0.286 e. The number of hydrogen-bond donors (Lipinski definition) is 2. The number of aliphatic hydroxyl groups is 1. The number of benzene rings is 1. The summed E-state index contributed by atoms with van der Waals surface area (Å²) in [6, 6.07) is 5.97. The van der Waals surface area contributed by atoms with Gasteiger partial charge in [-0.25, -0.2) is 4.39 Å². The average molecular weight is 337 g/mol. The van der Waals surface area contributed by atoms with Gasteiger partial charge in [0, 0.05) is 19.6 Å². The van der Waals surface area contributed by atoms with Gasteiger partial charge in [0.05, 0.1) is 6.61 Å². The molecule has 0 aliphatic carbocycles. The minimum atomic E-state index is -0.449. The molecule has 1 amide bonds. The first kappa shape index (κ1) is 18.4. The standard InChI is InChI=1S/C18H24FNO4/c1-13-10-16(24-17(11-13)23-9-3-2-8-21)18(22)20-12-14-4-6-15(19)7-5-14/h4-7,10,13,17,21H,2-3,8-9,11-12H2,1H3,(H,20,22)/t13-,17+/m1/s1. The quantitative estimate of drug-likeness (QED) is 0.715. The van der Waals surface area contributed by atoms with Crippen LogP contribution in [-0.2, 0) is 20.8 Å². The molecule has 1 aromatic carbocycles. The van der Waals surface area contributed by atoms with Crippen LogP contribution in [0, 0.1) is 11.7 Å². The highest BCUT2D eigenvalue weighted by Crippen LogP contribution is 2.23. The first-order valence-electron chi connectivity index (χ1n) is 8.22. The number of halogens is 1. The van der Waals surface area contributed by atoms with Crippen molar-refractivity contribution in [2.45, 2.75) is 39.0 Å². The molecule has 2 rings (SSSR count). The summed E-state index contributed by atoms with van der Waals surface area (Å²) in [5.74, 6) is -0.190. The highest BCUT2D eigenvalue weighted by atomic mass is 19.1. The van der Waals surface area contributed by atoms with Crippen LogP contribution in [0.25, 0.3) is 0 Å². The highest BCUT2D eigenvalue weighted by molar-refractivity contribution is 5.91. The van der Waals surface area contributed by atoms with Crippen LogP contribution in [0.15, 0.2) is 36.1 Å². The Labute approximate surface area is 141 Å². The number of amides is 1. The molecule has 132 valence electrons. The molecule has 1 aliphatic rings. The lowest BCUT2D eigenvalue weighted by Crippen LogP contribution is -2.32. The van der Waals surface area contributed by atoms with E-state index in [0.717, 1.165) is 12.0 Å². The molecule has 0 bridgehead atoms. The average Bonchev–Trinajstić information content (AvgIpc) is 2.57. The van der Waals surface area contributed by atoms with E-state index in [-0.39, 0.29) is 30.0 Å². The van der Waals surface area contributed by atoms with E-state index in [1.165, 1.54) is 12.1 Å². The van der Waals surface area contributed by atoms with E-state index in [4.69, 9.17) is 14.6 Å². The van der Waals surface area contributed by atoms with Gasteiger partial charge in [-0.2, -0.15) is 0 Å². The van der Waals surface area contributed by atoms with Crippen molar-refractivity contribution in [3.63, 3.8) is 0 Å². The summed E-state index contributed by atoms with van der Waals surface area (Å²) in [6.07, 6.45) is 3.46. The lowest BCUT2D eigenvalue weighted by Gasteiger charge is -2.27. The first-order chi connectivity index (χ1) is 11.6. The molecule has 1 heterocycles. The van der Waals surface area contributed by atoms with Gasteiger partial charge in [0.15, 0.2) is 5.76 Å². The Balaban J connectivity index is 1.82. The Bertz CT molecular complexity index is 559. The maximum atomic E-state index is 12.9. The minimum Gasteiger partial charge on any atom is -0.459 e. The molecule has 24 heavy (non-hydrogen) atoms. The molecule has 1 aliphatic heterocycles. The van der Waals surface area contributed by atoms with Crippen LogP contribution in [0.5, 0.6) is 0 Å². The molecular formula is C18H24FNO4. The molecule has 0 saturated heterocycles. The number of carbonyl (C=O) groups excluding carboxylic acids is 1. The van der Waals surface area contributed by atoms with Crippen molar-refractivity contribution in [2.24, 2.45) is 5.92 Å². The first-order valence-corrected chi connectivity index (χ1v) is 8.22. The maximum absolute atomic E-state index is 12.9. The summed E-state index contributed by atoms with van der Waals surface area (Å²) < 4.78 is 24.1. The Morgan fingerprint density at radius 1 is 1.38 bits per heavy atom. The number of aliphatic hydroxyl groups excluding tert-OH is 1. The maximum Gasteiger partial charge on any atom is 0.286 e. The minimum absolute atomic E-state index is 0.141. The van der Waals surface area contributed by atoms with Crippen LogP contribution >= 0.6 is 0 Å². The molecular weight excluding hydrogens is 313 g/mol. The van der Waals surface area contributed by atoms with Crippen molar-refractivity contribution in [1.82, 2.24) is 5.32 Å². The van der Waals surface area contributed by atoms with Gasteiger partial charge in [-0.1, -0.05) is 19.1 Å². The molecule has 0 aromatic heterocycles. The highest BCUT2D eigenvalue weighted by Gasteiger charge is 2.25. The molecule has 0 fully saturated rings. The summed E-state index contributed by atoms with van der Waals surface area (Å²) in [5, 5.41) is 11.5.